The molecule has 2 heterocycles. The predicted octanol–water partition coefficient (Wildman–Crippen LogP) is 3.72. The first-order valence-corrected chi connectivity index (χ1v) is 16.6. The molecule has 45 heavy (non-hydrogen) atoms. The smallest absolute Gasteiger partial charge is 0.251 e. The number of hydrogen-bond donors (Lipinski definition) is 4. The van der Waals surface area contributed by atoms with Gasteiger partial charge in [-0.3, -0.25) is 19.2 Å². The Morgan fingerprint density at radius 3 is 2.09 bits per heavy atom. The van der Waals surface area contributed by atoms with E-state index >= 15 is 0 Å². The molecule has 2 aromatic carbocycles. The first kappa shape index (κ1) is 32.9. The molecule has 4 N–H and O–H groups in total. The number of carbonyl (C=O) groups excluding carboxylic acids is 4. The highest BCUT2D eigenvalue weighted by Crippen LogP contribution is 2.40. The lowest BCUT2D eigenvalue weighted by Crippen LogP contribution is -2.53. The molecule has 242 valence electrons. The summed E-state index contributed by atoms with van der Waals surface area (Å²) < 4.78 is 0. The second kappa shape index (κ2) is 15.2. The molecule has 10 nitrogen and oxygen atoms in total. The SMILES string of the molecule is C[C@H](NC[C@H](O)[C@H](Cc1ccccc1)NC(=O)c1cc(N2CCCC2=O)c(Cl)c(N2CCCC2=O)c1)C(=O)NC1CCCCC1. The van der Waals surface area contributed by atoms with E-state index in [1.54, 1.807) is 28.9 Å². The summed E-state index contributed by atoms with van der Waals surface area (Å²) in [6.45, 7) is 2.81. The Balaban J connectivity index is 1.34. The molecular formula is C34H44ClN5O5. The van der Waals surface area contributed by atoms with E-state index in [1.807, 2.05) is 30.3 Å². The van der Waals surface area contributed by atoms with Gasteiger partial charge in [-0.2, -0.15) is 0 Å². The van der Waals surface area contributed by atoms with Crippen molar-refractivity contribution in [3.8, 4) is 0 Å². The summed E-state index contributed by atoms with van der Waals surface area (Å²) in [4.78, 5) is 55.2. The van der Waals surface area contributed by atoms with Crippen molar-refractivity contribution in [1.82, 2.24) is 16.0 Å². The molecule has 0 unspecified atom stereocenters. The highest BCUT2D eigenvalue weighted by molar-refractivity contribution is 6.37. The molecule has 3 fully saturated rings. The Labute approximate surface area is 269 Å². The predicted molar refractivity (Wildman–Crippen MR) is 175 cm³/mol. The zero-order valence-electron chi connectivity index (χ0n) is 25.9. The van der Waals surface area contributed by atoms with Crippen molar-refractivity contribution in [1.29, 1.82) is 0 Å². The lowest BCUT2D eigenvalue weighted by atomic mass is 9.95. The summed E-state index contributed by atoms with van der Waals surface area (Å²) in [5, 5.41) is 20.9. The molecule has 2 aromatic rings. The summed E-state index contributed by atoms with van der Waals surface area (Å²) >= 11 is 6.80. The number of rotatable bonds is 12. The van der Waals surface area contributed by atoms with Crippen molar-refractivity contribution in [2.75, 3.05) is 29.4 Å². The Bertz CT molecular complexity index is 1340. The molecule has 0 bridgehead atoms. The highest BCUT2D eigenvalue weighted by Gasteiger charge is 2.32. The number of aliphatic hydroxyl groups excluding tert-OH is 1. The van der Waals surface area contributed by atoms with Gasteiger partial charge in [0.15, 0.2) is 0 Å². The summed E-state index contributed by atoms with van der Waals surface area (Å²) in [7, 11) is 0. The van der Waals surface area contributed by atoms with E-state index in [0.717, 1.165) is 31.2 Å². The van der Waals surface area contributed by atoms with Crippen molar-refractivity contribution < 1.29 is 24.3 Å². The number of nitrogens with zero attached hydrogens (tertiary/aromatic N) is 2. The van der Waals surface area contributed by atoms with Crippen LogP contribution < -0.4 is 25.8 Å². The van der Waals surface area contributed by atoms with Crippen LogP contribution in [0.2, 0.25) is 5.02 Å². The third kappa shape index (κ3) is 8.23. The largest absolute Gasteiger partial charge is 0.390 e. The van der Waals surface area contributed by atoms with Gasteiger partial charge in [-0.15, -0.1) is 0 Å². The Morgan fingerprint density at radius 1 is 0.933 bits per heavy atom. The number of aliphatic hydroxyl groups is 1. The zero-order valence-corrected chi connectivity index (χ0v) is 26.7. The molecule has 0 spiro atoms. The molecule has 3 atom stereocenters. The van der Waals surface area contributed by atoms with E-state index in [-0.39, 0.29) is 40.9 Å². The van der Waals surface area contributed by atoms with Crippen LogP contribution in [-0.2, 0) is 20.8 Å². The standard InChI is InChI=1S/C34H44ClN5O5/c1-22(33(44)37-25-12-6-3-7-13-25)36-21-29(41)26(18-23-10-4-2-5-11-23)38-34(45)24-19-27(39-16-8-14-30(39)42)32(35)28(20-24)40-17-9-15-31(40)43/h2,4-5,10-11,19-20,22,25-26,29,36,41H,3,6-9,12-18,21H2,1H3,(H,37,44)(H,38,45)/t22-,26-,29-/m0/s1. The minimum absolute atomic E-state index is 0.0821. The Kier molecular flexibility index (Phi) is 11.1. The quantitative estimate of drug-likeness (QED) is 0.281. The van der Waals surface area contributed by atoms with Gasteiger partial charge in [0.2, 0.25) is 17.7 Å². The third-order valence-corrected chi connectivity index (χ3v) is 9.47. The molecule has 0 aromatic heterocycles. The van der Waals surface area contributed by atoms with Gasteiger partial charge in [-0.25, -0.2) is 0 Å². The van der Waals surface area contributed by atoms with E-state index in [9.17, 15) is 24.3 Å². The molecule has 11 heteroatoms. The fraction of sp³-hybridized carbons (Fsp3) is 0.529. The van der Waals surface area contributed by atoms with Gasteiger partial charge in [0.1, 0.15) is 0 Å². The van der Waals surface area contributed by atoms with Gasteiger partial charge >= 0.3 is 0 Å². The van der Waals surface area contributed by atoms with E-state index in [1.165, 1.54) is 6.42 Å². The van der Waals surface area contributed by atoms with Crippen LogP contribution >= 0.6 is 11.6 Å². The van der Waals surface area contributed by atoms with Gasteiger partial charge in [0.25, 0.3) is 5.91 Å². The second-order valence-electron chi connectivity index (χ2n) is 12.4. The fourth-order valence-electron chi connectivity index (χ4n) is 6.43. The number of halogens is 1. The maximum atomic E-state index is 13.9. The van der Waals surface area contributed by atoms with Gasteiger partial charge < -0.3 is 30.9 Å². The number of hydrogen-bond acceptors (Lipinski definition) is 6. The third-order valence-electron chi connectivity index (χ3n) is 9.08. The van der Waals surface area contributed by atoms with E-state index in [0.29, 0.717) is 56.6 Å². The van der Waals surface area contributed by atoms with Crippen LogP contribution in [0.25, 0.3) is 0 Å². The zero-order chi connectivity index (χ0) is 31.9. The summed E-state index contributed by atoms with van der Waals surface area (Å²) in [5.41, 5.74) is 1.97. The number of carbonyl (C=O) groups is 4. The molecule has 4 amide bonds. The van der Waals surface area contributed by atoms with Crippen molar-refractivity contribution >= 4 is 46.6 Å². The lowest BCUT2D eigenvalue weighted by Gasteiger charge is -2.28. The van der Waals surface area contributed by atoms with Gasteiger partial charge in [-0.05, 0) is 56.7 Å². The van der Waals surface area contributed by atoms with Crippen LogP contribution in [-0.4, -0.2) is 72.6 Å². The highest BCUT2D eigenvalue weighted by atomic mass is 35.5. The van der Waals surface area contributed by atoms with Crippen LogP contribution in [0.3, 0.4) is 0 Å². The first-order valence-electron chi connectivity index (χ1n) is 16.2. The number of anilines is 2. The van der Waals surface area contributed by atoms with Crippen LogP contribution in [0.15, 0.2) is 42.5 Å². The molecule has 0 radical (unpaired) electrons. The van der Waals surface area contributed by atoms with Crippen LogP contribution in [0, 0.1) is 0 Å². The molecule has 3 aliphatic rings. The second-order valence-corrected chi connectivity index (χ2v) is 12.8. The monoisotopic (exact) mass is 637 g/mol. The minimum atomic E-state index is -1.02. The van der Waals surface area contributed by atoms with Crippen molar-refractivity contribution in [3.05, 3.63) is 58.6 Å². The van der Waals surface area contributed by atoms with E-state index < -0.39 is 24.1 Å². The number of nitrogens with one attached hydrogen (secondary N) is 3. The van der Waals surface area contributed by atoms with E-state index in [4.69, 9.17) is 11.6 Å². The summed E-state index contributed by atoms with van der Waals surface area (Å²) in [6, 6.07) is 11.7. The number of benzene rings is 2. The van der Waals surface area contributed by atoms with Crippen molar-refractivity contribution in [2.45, 2.75) is 95.4 Å². The maximum Gasteiger partial charge on any atom is 0.251 e. The summed E-state index contributed by atoms with van der Waals surface area (Å²) in [5.74, 6) is -0.737. The average Bonchev–Trinajstić information content (AvgIpc) is 3.67. The molecule has 2 saturated heterocycles. The topological polar surface area (TPSA) is 131 Å². The fourth-order valence-corrected chi connectivity index (χ4v) is 6.75. The van der Waals surface area contributed by atoms with E-state index in [2.05, 4.69) is 16.0 Å². The average molecular weight is 638 g/mol. The van der Waals surface area contributed by atoms with Crippen LogP contribution in [0.4, 0.5) is 11.4 Å². The molecule has 1 saturated carbocycles. The van der Waals surface area contributed by atoms with Gasteiger partial charge in [-0.1, -0.05) is 61.2 Å². The van der Waals surface area contributed by atoms with Crippen molar-refractivity contribution in [3.63, 3.8) is 0 Å². The van der Waals surface area contributed by atoms with Crippen LogP contribution in [0.5, 0.6) is 0 Å². The van der Waals surface area contributed by atoms with Gasteiger partial charge in [0, 0.05) is 44.1 Å². The van der Waals surface area contributed by atoms with Crippen molar-refractivity contribution in [2.24, 2.45) is 0 Å². The minimum Gasteiger partial charge on any atom is -0.390 e. The first-order chi connectivity index (χ1) is 21.7. The Morgan fingerprint density at radius 2 is 1.53 bits per heavy atom. The molecule has 5 rings (SSSR count). The summed E-state index contributed by atoms with van der Waals surface area (Å²) in [6.07, 6.45) is 6.87. The maximum absolute atomic E-state index is 13.9. The normalized spacial score (nSPS) is 19.4. The lowest BCUT2D eigenvalue weighted by molar-refractivity contribution is -0.124. The number of amides is 4. The van der Waals surface area contributed by atoms with Crippen LogP contribution in [0.1, 0.15) is 80.6 Å². The molecule has 1 aliphatic carbocycles. The Hall–Kier alpha value is -3.47. The van der Waals surface area contributed by atoms with Gasteiger partial charge in [0.05, 0.1) is 34.6 Å². The molecular weight excluding hydrogens is 594 g/mol. The molecule has 2 aliphatic heterocycles.